The largest absolute Gasteiger partial charge is 0.492 e. The standard InChI is InChI=1S/C25H39NO7/c1-3-16-30-17-7-14-26(25(29)33-22-8-5-6-9-22)15-18-32-21-12-10-20(11-13-21)19-23(24(27)28)31-4-2/h10-13,22-23H,3-9,14-19H2,1-2H3,(H,27,28). The minimum absolute atomic E-state index is 0.0242. The van der Waals surface area contributed by atoms with Crippen molar-refractivity contribution in [1.29, 1.82) is 0 Å². The summed E-state index contributed by atoms with van der Waals surface area (Å²) in [5.74, 6) is -0.306. The molecule has 8 heteroatoms. The van der Waals surface area contributed by atoms with Crippen LogP contribution in [0.1, 0.15) is 57.9 Å². The van der Waals surface area contributed by atoms with Crippen LogP contribution >= 0.6 is 0 Å². The van der Waals surface area contributed by atoms with E-state index < -0.39 is 12.1 Å². The van der Waals surface area contributed by atoms with Gasteiger partial charge in [0, 0.05) is 32.8 Å². The molecule has 1 aliphatic carbocycles. The monoisotopic (exact) mass is 465 g/mol. The summed E-state index contributed by atoms with van der Waals surface area (Å²) in [5, 5.41) is 9.23. The van der Waals surface area contributed by atoms with Crippen molar-refractivity contribution in [2.24, 2.45) is 0 Å². The van der Waals surface area contributed by atoms with E-state index >= 15 is 0 Å². The second-order valence-electron chi connectivity index (χ2n) is 8.22. The molecule has 0 radical (unpaired) electrons. The first kappa shape index (κ1) is 26.9. The van der Waals surface area contributed by atoms with Gasteiger partial charge in [0.2, 0.25) is 0 Å². The van der Waals surface area contributed by atoms with Crippen molar-refractivity contribution in [3.8, 4) is 5.75 Å². The van der Waals surface area contributed by atoms with Gasteiger partial charge in [-0.1, -0.05) is 19.1 Å². The Morgan fingerprint density at radius 3 is 2.42 bits per heavy atom. The lowest BCUT2D eigenvalue weighted by molar-refractivity contribution is -0.149. The van der Waals surface area contributed by atoms with Crippen LogP contribution in [0.5, 0.6) is 5.75 Å². The van der Waals surface area contributed by atoms with Crippen molar-refractivity contribution >= 4 is 12.1 Å². The summed E-state index contributed by atoms with van der Waals surface area (Å²) >= 11 is 0. The molecule has 33 heavy (non-hydrogen) atoms. The molecule has 1 atom stereocenters. The number of carbonyl (C=O) groups excluding carboxylic acids is 1. The molecule has 1 aliphatic rings. The van der Waals surface area contributed by atoms with Crippen molar-refractivity contribution in [3.63, 3.8) is 0 Å². The van der Waals surface area contributed by atoms with Crippen molar-refractivity contribution in [2.45, 2.75) is 71.0 Å². The number of hydrogen-bond acceptors (Lipinski definition) is 6. The highest BCUT2D eigenvalue weighted by atomic mass is 16.6. The second-order valence-corrected chi connectivity index (χ2v) is 8.22. The molecule has 186 valence electrons. The average molecular weight is 466 g/mol. The molecule has 0 bridgehead atoms. The summed E-state index contributed by atoms with van der Waals surface area (Å²) in [5.41, 5.74) is 0.858. The maximum Gasteiger partial charge on any atom is 0.410 e. The van der Waals surface area contributed by atoms with Gasteiger partial charge < -0.3 is 29.0 Å². The summed E-state index contributed by atoms with van der Waals surface area (Å²) in [6.07, 6.45) is 5.00. The third-order valence-corrected chi connectivity index (χ3v) is 5.51. The van der Waals surface area contributed by atoms with Gasteiger partial charge in [0.1, 0.15) is 18.5 Å². The van der Waals surface area contributed by atoms with Crippen LogP contribution in [0.25, 0.3) is 0 Å². The summed E-state index contributed by atoms with van der Waals surface area (Å²) in [7, 11) is 0. The molecule has 1 amide bonds. The molecule has 0 aliphatic heterocycles. The Labute approximate surface area is 197 Å². The summed E-state index contributed by atoms with van der Waals surface area (Å²) in [6, 6.07) is 7.28. The van der Waals surface area contributed by atoms with Crippen LogP contribution in [0.15, 0.2) is 24.3 Å². The van der Waals surface area contributed by atoms with E-state index in [0.29, 0.717) is 45.1 Å². The predicted octanol–water partition coefficient (Wildman–Crippen LogP) is 4.30. The van der Waals surface area contributed by atoms with Crippen molar-refractivity contribution in [3.05, 3.63) is 29.8 Å². The van der Waals surface area contributed by atoms with Gasteiger partial charge in [-0.05, 0) is 63.1 Å². The number of carboxylic acid groups (broad SMARTS) is 1. The molecule has 1 fully saturated rings. The molecule has 2 rings (SSSR count). The van der Waals surface area contributed by atoms with E-state index in [2.05, 4.69) is 6.92 Å². The average Bonchev–Trinajstić information content (AvgIpc) is 3.31. The molecule has 8 nitrogen and oxygen atoms in total. The number of rotatable bonds is 16. The number of carbonyl (C=O) groups is 2. The predicted molar refractivity (Wildman–Crippen MR) is 125 cm³/mol. The van der Waals surface area contributed by atoms with Crippen molar-refractivity contribution in [1.82, 2.24) is 4.90 Å². The molecule has 0 spiro atoms. The van der Waals surface area contributed by atoms with Gasteiger partial charge in [0.25, 0.3) is 0 Å². The van der Waals surface area contributed by atoms with E-state index in [-0.39, 0.29) is 12.2 Å². The van der Waals surface area contributed by atoms with Crippen LogP contribution < -0.4 is 4.74 Å². The Kier molecular flexibility index (Phi) is 12.7. The fourth-order valence-corrected chi connectivity index (χ4v) is 3.75. The fourth-order valence-electron chi connectivity index (χ4n) is 3.75. The lowest BCUT2D eigenvalue weighted by atomic mass is 10.1. The van der Waals surface area contributed by atoms with Gasteiger partial charge in [-0.2, -0.15) is 0 Å². The smallest absolute Gasteiger partial charge is 0.410 e. The van der Waals surface area contributed by atoms with Crippen LogP contribution in [-0.4, -0.2) is 73.8 Å². The van der Waals surface area contributed by atoms with Crippen LogP contribution in [0.3, 0.4) is 0 Å². The van der Waals surface area contributed by atoms with E-state index in [9.17, 15) is 14.7 Å². The third-order valence-electron chi connectivity index (χ3n) is 5.51. The molecule has 0 heterocycles. The Morgan fingerprint density at radius 1 is 1.06 bits per heavy atom. The minimum Gasteiger partial charge on any atom is -0.492 e. The zero-order valence-corrected chi connectivity index (χ0v) is 20.0. The van der Waals surface area contributed by atoms with Crippen LogP contribution in [-0.2, 0) is 25.4 Å². The maximum atomic E-state index is 12.7. The highest BCUT2D eigenvalue weighted by molar-refractivity contribution is 5.72. The fraction of sp³-hybridized carbons (Fsp3) is 0.680. The van der Waals surface area contributed by atoms with E-state index in [1.54, 1.807) is 24.0 Å². The normalized spacial score (nSPS) is 14.7. The summed E-state index contributed by atoms with van der Waals surface area (Å²) < 4.78 is 22.3. The third kappa shape index (κ3) is 10.4. The maximum absolute atomic E-state index is 12.7. The molecule has 1 N–H and O–H groups in total. The second kappa shape index (κ2) is 15.5. The first-order valence-electron chi connectivity index (χ1n) is 12.1. The van der Waals surface area contributed by atoms with Gasteiger partial charge in [0.05, 0.1) is 6.54 Å². The van der Waals surface area contributed by atoms with Crippen LogP contribution in [0.2, 0.25) is 0 Å². The molecule has 1 unspecified atom stereocenters. The van der Waals surface area contributed by atoms with Gasteiger partial charge in [0.15, 0.2) is 6.10 Å². The molecule has 0 saturated heterocycles. The van der Waals surface area contributed by atoms with Crippen LogP contribution in [0, 0.1) is 0 Å². The lowest BCUT2D eigenvalue weighted by Crippen LogP contribution is -2.38. The Morgan fingerprint density at radius 2 is 1.79 bits per heavy atom. The Balaban J connectivity index is 1.82. The molecular formula is C25H39NO7. The van der Waals surface area contributed by atoms with E-state index in [4.69, 9.17) is 18.9 Å². The number of amides is 1. The molecule has 1 aromatic carbocycles. The van der Waals surface area contributed by atoms with Gasteiger partial charge in [-0.25, -0.2) is 9.59 Å². The number of aliphatic carboxylic acids is 1. The summed E-state index contributed by atoms with van der Waals surface area (Å²) in [4.78, 5) is 25.6. The van der Waals surface area contributed by atoms with Crippen LogP contribution in [0.4, 0.5) is 4.79 Å². The Bertz CT molecular complexity index is 689. The van der Waals surface area contributed by atoms with E-state index in [1.807, 2.05) is 12.1 Å². The topological polar surface area (TPSA) is 94.5 Å². The number of carboxylic acids is 1. The highest BCUT2D eigenvalue weighted by Crippen LogP contribution is 2.22. The van der Waals surface area contributed by atoms with Gasteiger partial charge in [-0.15, -0.1) is 0 Å². The number of hydrogen-bond donors (Lipinski definition) is 1. The molecule has 1 aromatic rings. The van der Waals surface area contributed by atoms with Gasteiger partial charge in [-0.3, -0.25) is 0 Å². The minimum atomic E-state index is -0.971. The van der Waals surface area contributed by atoms with Gasteiger partial charge >= 0.3 is 12.1 Å². The SMILES string of the molecule is CCCOCCCN(CCOc1ccc(CC(OCC)C(=O)O)cc1)C(=O)OC1CCCC1. The molecule has 0 aromatic heterocycles. The number of benzene rings is 1. The lowest BCUT2D eigenvalue weighted by Gasteiger charge is -2.24. The number of ether oxygens (including phenoxy) is 4. The highest BCUT2D eigenvalue weighted by Gasteiger charge is 2.23. The Hall–Kier alpha value is -2.32. The van der Waals surface area contributed by atoms with Crippen molar-refractivity contribution < 1.29 is 33.6 Å². The first-order chi connectivity index (χ1) is 16.0. The van der Waals surface area contributed by atoms with E-state index in [0.717, 1.165) is 50.7 Å². The zero-order valence-electron chi connectivity index (χ0n) is 20.0. The van der Waals surface area contributed by atoms with Crippen molar-refractivity contribution in [2.75, 3.05) is 39.5 Å². The number of nitrogens with zero attached hydrogens (tertiary/aromatic N) is 1. The van der Waals surface area contributed by atoms with E-state index in [1.165, 1.54) is 0 Å². The first-order valence-corrected chi connectivity index (χ1v) is 12.1. The zero-order chi connectivity index (χ0) is 23.9. The molecule has 1 saturated carbocycles. The quantitative estimate of drug-likeness (QED) is 0.364. The molecular weight excluding hydrogens is 426 g/mol. The summed E-state index contributed by atoms with van der Waals surface area (Å²) in [6.45, 7) is 6.86.